The Kier molecular flexibility index (Phi) is 11.5. The van der Waals surface area contributed by atoms with E-state index in [1.165, 1.54) is 25.3 Å². The van der Waals surface area contributed by atoms with Gasteiger partial charge in [-0.1, -0.05) is 50.2 Å². The first-order valence-corrected chi connectivity index (χ1v) is 18.1. The highest BCUT2D eigenvalue weighted by molar-refractivity contribution is 7.92. The number of rotatable bonds is 7. The first-order chi connectivity index (χ1) is 24.3. The Hall–Kier alpha value is -5.51. The van der Waals surface area contributed by atoms with E-state index in [-0.39, 0.29) is 43.4 Å². The molecule has 0 fully saturated rings. The lowest BCUT2D eigenvalue weighted by molar-refractivity contribution is -0.135. The first kappa shape index (κ1) is 36.8. The maximum atomic E-state index is 14.1. The summed E-state index contributed by atoms with van der Waals surface area (Å²) in [4.78, 5) is 46.7. The molecule has 0 saturated carbocycles. The number of ether oxygens (including phenoxy) is 2. The maximum Gasteiger partial charge on any atom is 0.251 e. The molecule has 3 aromatic carbocycles. The van der Waals surface area contributed by atoms with Crippen LogP contribution in [0.1, 0.15) is 36.1 Å². The van der Waals surface area contributed by atoms with Gasteiger partial charge in [0.2, 0.25) is 21.8 Å². The molecule has 0 radical (unpaired) electrons. The van der Waals surface area contributed by atoms with Crippen molar-refractivity contribution in [2.45, 2.75) is 26.4 Å². The van der Waals surface area contributed by atoms with E-state index in [0.29, 0.717) is 23.1 Å². The SMILES string of the molecule is COc1ccc2cc1OCCn1nc(-c3ccccc3)nc1[C@@H](C(C)C)NC(=O)CN(C(=O)CN(c1cccc(F)c1)S(C)(=O)=O)CCNC2=O. The Bertz CT molecular complexity index is 1990. The lowest BCUT2D eigenvalue weighted by Gasteiger charge is -2.28. The number of nitrogens with one attached hydrogen (secondary N) is 2. The van der Waals surface area contributed by atoms with Crippen LogP contribution in [-0.4, -0.2) is 92.0 Å². The molecule has 51 heavy (non-hydrogen) atoms. The second-order valence-electron chi connectivity index (χ2n) is 12.2. The van der Waals surface area contributed by atoms with Crippen LogP contribution in [0, 0.1) is 11.7 Å². The van der Waals surface area contributed by atoms with Crippen molar-refractivity contribution >= 4 is 33.4 Å². The Labute approximate surface area is 295 Å². The van der Waals surface area contributed by atoms with Crippen LogP contribution in [0.5, 0.6) is 11.5 Å². The van der Waals surface area contributed by atoms with Gasteiger partial charge in [0.25, 0.3) is 5.91 Å². The zero-order valence-electron chi connectivity index (χ0n) is 28.7. The van der Waals surface area contributed by atoms with Crippen molar-refractivity contribution in [3.8, 4) is 22.9 Å². The number of nitrogens with zero attached hydrogens (tertiary/aromatic N) is 5. The highest BCUT2D eigenvalue weighted by Gasteiger charge is 2.29. The number of carbonyl (C=O) groups excluding carboxylic acids is 3. The normalized spacial score (nSPS) is 16.0. The Balaban J connectivity index is 1.51. The molecular formula is C35H40FN7O7S. The van der Waals surface area contributed by atoms with Crippen LogP contribution in [0.3, 0.4) is 0 Å². The van der Waals surface area contributed by atoms with Crippen molar-refractivity contribution in [2.24, 2.45) is 5.92 Å². The number of benzene rings is 3. The third kappa shape index (κ3) is 9.19. The summed E-state index contributed by atoms with van der Waals surface area (Å²) in [5.41, 5.74) is 0.966. The summed E-state index contributed by atoms with van der Waals surface area (Å²) in [6.45, 7) is 2.72. The van der Waals surface area contributed by atoms with Crippen LogP contribution in [0.15, 0.2) is 72.8 Å². The van der Waals surface area contributed by atoms with E-state index in [9.17, 15) is 27.2 Å². The second-order valence-corrected chi connectivity index (χ2v) is 14.1. The predicted molar refractivity (Wildman–Crippen MR) is 187 cm³/mol. The van der Waals surface area contributed by atoms with Gasteiger partial charge >= 0.3 is 0 Å². The molecule has 3 amide bonds. The van der Waals surface area contributed by atoms with Crippen molar-refractivity contribution in [2.75, 3.05) is 50.5 Å². The molecule has 1 aliphatic rings. The van der Waals surface area contributed by atoms with E-state index < -0.39 is 52.7 Å². The molecule has 0 unspecified atom stereocenters. The first-order valence-electron chi connectivity index (χ1n) is 16.2. The molecule has 1 atom stereocenters. The van der Waals surface area contributed by atoms with Crippen LogP contribution in [0.25, 0.3) is 11.4 Å². The standard InChI is InChI=1S/C35H40FN7O7S/c1-23(2)32-34-39-33(24-9-6-5-7-10-24)40-42(34)17-18-50-29-19-25(13-14-28(29)49-3)35(46)37-15-16-41(21-30(44)38-32)31(45)22-43(51(4,47)48)27-12-8-11-26(36)20-27/h5-14,19-20,23,32H,15-18,21-22H2,1-4H3,(H,37,46)(H,38,44)/t32-/m1/s1. The molecule has 1 aliphatic heterocycles. The van der Waals surface area contributed by atoms with Crippen molar-refractivity contribution in [1.29, 1.82) is 0 Å². The molecule has 0 aliphatic carbocycles. The number of aromatic nitrogens is 3. The smallest absolute Gasteiger partial charge is 0.251 e. The molecule has 270 valence electrons. The number of hydrogen-bond donors (Lipinski definition) is 2. The van der Waals surface area contributed by atoms with Crippen molar-refractivity contribution < 1.29 is 36.7 Å². The lowest BCUT2D eigenvalue weighted by atomic mass is 10.0. The summed E-state index contributed by atoms with van der Waals surface area (Å²) in [6.07, 6.45) is 0.898. The Morgan fingerprint density at radius 1 is 1.06 bits per heavy atom. The maximum absolute atomic E-state index is 14.1. The molecule has 2 heterocycles. The van der Waals surface area contributed by atoms with Crippen molar-refractivity contribution in [1.82, 2.24) is 30.3 Å². The van der Waals surface area contributed by atoms with Crippen LogP contribution in [0.4, 0.5) is 10.1 Å². The number of fused-ring (bicyclic) bond motifs is 3. The van der Waals surface area contributed by atoms with Gasteiger partial charge in [-0.2, -0.15) is 5.10 Å². The zero-order chi connectivity index (χ0) is 36.7. The van der Waals surface area contributed by atoms with E-state index in [2.05, 4.69) is 10.6 Å². The average Bonchev–Trinajstić information content (AvgIpc) is 3.51. The summed E-state index contributed by atoms with van der Waals surface area (Å²) in [5, 5.41) is 10.5. The van der Waals surface area contributed by atoms with E-state index in [4.69, 9.17) is 19.6 Å². The topological polar surface area (TPSA) is 165 Å². The molecule has 5 rings (SSSR count). The van der Waals surface area contributed by atoms with Crippen LogP contribution in [-0.2, 0) is 26.2 Å². The summed E-state index contributed by atoms with van der Waals surface area (Å²) in [5.74, 6) is -1.04. The fourth-order valence-electron chi connectivity index (χ4n) is 5.51. The number of amides is 3. The van der Waals surface area contributed by atoms with Crippen LogP contribution in [0.2, 0.25) is 0 Å². The molecule has 14 nitrogen and oxygen atoms in total. The van der Waals surface area contributed by atoms with Gasteiger partial charge < -0.3 is 25.0 Å². The molecule has 0 saturated heterocycles. The number of hydrogen-bond acceptors (Lipinski definition) is 9. The van der Waals surface area contributed by atoms with Crippen molar-refractivity contribution in [3.63, 3.8) is 0 Å². The van der Waals surface area contributed by atoms with Gasteiger partial charge in [-0.3, -0.25) is 18.7 Å². The van der Waals surface area contributed by atoms with Gasteiger partial charge in [-0.15, -0.1) is 0 Å². The minimum atomic E-state index is -4.05. The number of methoxy groups -OCH3 is 1. The Morgan fingerprint density at radius 2 is 1.82 bits per heavy atom. The molecule has 2 bridgehead atoms. The number of anilines is 1. The van der Waals surface area contributed by atoms with E-state index >= 15 is 0 Å². The molecule has 2 N–H and O–H groups in total. The molecule has 0 spiro atoms. The third-order valence-electron chi connectivity index (χ3n) is 8.11. The number of halogens is 1. The van der Waals surface area contributed by atoms with Crippen molar-refractivity contribution in [3.05, 3.63) is 90.0 Å². The second kappa shape index (κ2) is 16.0. The highest BCUT2D eigenvalue weighted by atomic mass is 32.2. The largest absolute Gasteiger partial charge is 0.493 e. The predicted octanol–water partition coefficient (Wildman–Crippen LogP) is 3.02. The third-order valence-corrected chi connectivity index (χ3v) is 9.25. The summed E-state index contributed by atoms with van der Waals surface area (Å²) in [7, 11) is -2.57. The molecule has 1 aromatic heterocycles. The molecule has 4 aromatic rings. The lowest BCUT2D eigenvalue weighted by Crippen LogP contribution is -2.49. The van der Waals surface area contributed by atoms with Crippen LogP contribution >= 0.6 is 0 Å². The summed E-state index contributed by atoms with van der Waals surface area (Å²) < 4.78 is 53.6. The fourth-order valence-corrected chi connectivity index (χ4v) is 6.35. The van der Waals surface area contributed by atoms with Gasteiger partial charge in [-0.25, -0.2) is 22.5 Å². The summed E-state index contributed by atoms with van der Waals surface area (Å²) >= 11 is 0. The monoisotopic (exact) mass is 721 g/mol. The van der Waals surface area contributed by atoms with Gasteiger partial charge in [-0.05, 0) is 42.3 Å². The number of carbonyl (C=O) groups is 3. The van der Waals surface area contributed by atoms with E-state index in [1.54, 1.807) is 16.8 Å². The quantitative estimate of drug-likeness (QED) is 0.292. The van der Waals surface area contributed by atoms with Gasteiger partial charge in [0.15, 0.2) is 23.1 Å². The summed E-state index contributed by atoms with van der Waals surface area (Å²) in [6, 6.07) is 18.2. The van der Waals surface area contributed by atoms with Gasteiger partial charge in [0.05, 0.1) is 38.2 Å². The van der Waals surface area contributed by atoms with Gasteiger partial charge in [0.1, 0.15) is 19.0 Å². The zero-order valence-corrected chi connectivity index (χ0v) is 29.5. The highest BCUT2D eigenvalue weighted by Crippen LogP contribution is 2.29. The average molecular weight is 722 g/mol. The Morgan fingerprint density at radius 3 is 2.51 bits per heavy atom. The molecule has 16 heteroatoms. The van der Waals surface area contributed by atoms with E-state index in [0.717, 1.165) is 33.2 Å². The van der Waals surface area contributed by atoms with Gasteiger partial charge in [0, 0.05) is 24.2 Å². The minimum absolute atomic E-state index is 0.0555. The van der Waals surface area contributed by atoms with Crippen LogP contribution < -0.4 is 24.4 Å². The van der Waals surface area contributed by atoms with E-state index in [1.807, 2.05) is 44.2 Å². The number of sulfonamides is 1. The molecular weight excluding hydrogens is 681 g/mol. The minimum Gasteiger partial charge on any atom is -0.493 e. The fraction of sp³-hybridized carbons (Fsp3) is 0.343.